The molecule has 0 aliphatic heterocycles. The fourth-order valence-electron chi connectivity index (χ4n) is 2.58. The number of anilines is 1. The fourth-order valence-corrected chi connectivity index (χ4v) is 2.58. The number of nitrogens with one attached hydrogen (secondary N) is 1. The number of benzene rings is 2. The Bertz CT molecular complexity index is 737. The summed E-state index contributed by atoms with van der Waals surface area (Å²) in [6.45, 7) is 3.13. The molecule has 2 rings (SSSR count). The molecule has 5 nitrogen and oxygen atoms in total. The van der Waals surface area contributed by atoms with Gasteiger partial charge in [-0.05, 0) is 43.2 Å². The fraction of sp³-hybridized carbons (Fsp3) is 0.350. The predicted molar refractivity (Wildman–Crippen MR) is 100 cm³/mol. The van der Waals surface area contributed by atoms with Crippen LogP contribution in [0.3, 0.4) is 0 Å². The Hall–Kier alpha value is -2.60. The summed E-state index contributed by atoms with van der Waals surface area (Å²) in [5.74, 6) is 0.391. The Morgan fingerprint density at radius 1 is 1.19 bits per heavy atom. The van der Waals surface area contributed by atoms with Gasteiger partial charge in [-0.15, -0.1) is 0 Å². The number of nitrogens with zero attached hydrogens (tertiary/aromatic N) is 1. The monoisotopic (exact) mass is 360 g/mol. The zero-order valence-corrected chi connectivity index (χ0v) is 15.4. The van der Waals surface area contributed by atoms with Crippen molar-refractivity contribution in [2.45, 2.75) is 19.9 Å². The average Bonchev–Trinajstić information content (AvgIpc) is 2.65. The molecular weight excluding hydrogens is 335 g/mol. The average molecular weight is 360 g/mol. The number of hydrogen-bond donors (Lipinski definition) is 1. The maximum Gasteiger partial charge on any atom is 0.322 e. The van der Waals surface area contributed by atoms with E-state index in [1.165, 1.54) is 6.07 Å². The van der Waals surface area contributed by atoms with Crippen LogP contribution in [0.4, 0.5) is 14.9 Å². The summed E-state index contributed by atoms with van der Waals surface area (Å²) in [5, 5.41) is 2.80. The van der Waals surface area contributed by atoms with Crippen LogP contribution in [-0.2, 0) is 11.3 Å². The van der Waals surface area contributed by atoms with Gasteiger partial charge in [-0.3, -0.25) is 0 Å². The van der Waals surface area contributed by atoms with Gasteiger partial charge in [-0.2, -0.15) is 0 Å². The number of rotatable bonds is 8. The SMILES string of the molecule is COCCCN(Cc1cccc(OC)c1)C(=O)Nc1cccc(F)c1C. The summed E-state index contributed by atoms with van der Waals surface area (Å²) in [7, 11) is 3.23. The number of hydrogen-bond acceptors (Lipinski definition) is 3. The van der Waals surface area contributed by atoms with Gasteiger partial charge in [-0.1, -0.05) is 18.2 Å². The van der Waals surface area contributed by atoms with Crippen molar-refractivity contribution >= 4 is 11.7 Å². The van der Waals surface area contributed by atoms with Gasteiger partial charge in [0.1, 0.15) is 11.6 Å². The zero-order chi connectivity index (χ0) is 18.9. The smallest absolute Gasteiger partial charge is 0.322 e. The highest BCUT2D eigenvalue weighted by Gasteiger charge is 2.16. The summed E-state index contributed by atoms with van der Waals surface area (Å²) in [5.41, 5.74) is 1.84. The van der Waals surface area contributed by atoms with Gasteiger partial charge in [0.2, 0.25) is 0 Å². The topological polar surface area (TPSA) is 50.8 Å². The van der Waals surface area contributed by atoms with Crippen molar-refractivity contribution in [3.63, 3.8) is 0 Å². The van der Waals surface area contributed by atoms with Crippen molar-refractivity contribution in [2.75, 3.05) is 32.7 Å². The number of urea groups is 1. The zero-order valence-electron chi connectivity index (χ0n) is 15.4. The number of methoxy groups -OCH3 is 2. The van der Waals surface area contributed by atoms with Crippen LogP contribution < -0.4 is 10.1 Å². The van der Waals surface area contributed by atoms with Crippen LogP contribution >= 0.6 is 0 Å². The molecule has 0 aromatic heterocycles. The highest BCUT2D eigenvalue weighted by atomic mass is 19.1. The maximum atomic E-state index is 13.7. The van der Waals surface area contributed by atoms with E-state index in [2.05, 4.69) is 5.32 Å². The van der Waals surface area contributed by atoms with Gasteiger partial charge < -0.3 is 19.7 Å². The quantitative estimate of drug-likeness (QED) is 0.718. The lowest BCUT2D eigenvalue weighted by Gasteiger charge is -2.24. The molecule has 0 saturated heterocycles. The summed E-state index contributed by atoms with van der Waals surface area (Å²) < 4.78 is 24.0. The third kappa shape index (κ3) is 5.46. The number of carbonyl (C=O) groups is 1. The normalized spacial score (nSPS) is 10.5. The molecular formula is C20H25FN2O3. The number of halogens is 1. The van der Waals surface area contributed by atoms with Gasteiger partial charge in [-0.25, -0.2) is 9.18 Å². The van der Waals surface area contributed by atoms with Crippen LogP contribution in [0, 0.1) is 12.7 Å². The lowest BCUT2D eigenvalue weighted by molar-refractivity contribution is 0.171. The summed E-state index contributed by atoms with van der Waals surface area (Å²) in [4.78, 5) is 14.4. The van der Waals surface area contributed by atoms with E-state index in [0.717, 1.165) is 11.3 Å². The number of ether oxygens (including phenoxy) is 2. The van der Waals surface area contributed by atoms with E-state index >= 15 is 0 Å². The molecule has 0 unspecified atom stereocenters. The number of amides is 2. The predicted octanol–water partition coefficient (Wildman–Crippen LogP) is 4.21. The molecule has 0 bridgehead atoms. The lowest BCUT2D eigenvalue weighted by atomic mass is 10.2. The van der Waals surface area contributed by atoms with E-state index in [-0.39, 0.29) is 11.8 Å². The lowest BCUT2D eigenvalue weighted by Crippen LogP contribution is -2.36. The first-order valence-electron chi connectivity index (χ1n) is 8.48. The minimum Gasteiger partial charge on any atom is -0.497 e. The molecule has 0 aliphatic carbocycles. The van der Waals surface area contributed by atoms with Crippen LogP contribution in [0.2, 0.25) is 0 Å². The molecule has 0 fully saturated rings. The molecule has 0 saturated carbocycles. The summed E-state index contributed by atoms with van der Waals surface area (Å²) in [6, 6.07) is 11.9. The second-order valence-corrected chi connectivity index (χ2v) is 5.96. The van der Waals surface area contributed by atoms with Crippen LogP contribution in [0.1, 0.15) is 17.5 Å². The number of carbonyl (C=O) groups excluding carboxylic acids is 1. The minimum absolute atomic E-state index is 0.280. The highest BCUT2D eigenvalue weighted by Crippen LogP contribution is 2.19. The molecule has 26 heavy (non-hydrogen) atoms. The van der Waals surface area contributed by atoms with Crippen molar-refractivity contribution in [1.29, 1.82) is 0 Å². The van der Waals surface area contributed by atoms with Crippen molar-refractivity contribution in [2.24, 2.45) is 0 Å². The van der Waals surface area contributed by atoms with Crippen molar-refractivity contribution in [3.8, 4) is 5.75 Å². The van der Waals surface area contributed by atoms with Crippen molar-refractivity contribution in [3.05, 3.63) is 59.4 Å². The molecule has 0 spiro atoms. The van der Waals surface area contributed by atoms with Gasteiger partial charge in [0, 0.05) is 38.1 Å². The molecule has 2 aromatic rings. The second kappa shape index (κ2) is 9.77. The Labute approximate surface area is 153 Å². The summed E-state index contributed by atoms with van der Waals surface area (Å²) in [6.07, 6.45) is 0.704. The van der Waals surface area contributed by atoms with Gasteiger partial charge in [0.05, 0.1) is 7.11 Å². The van der Waals surface area contributed by atoms with Crippen molar-refractivity contribution < 1.29 is 18.7 Å². The van der Waals surface area contributed by atoms with E-state index in [1.807, 2.05) is 24.3 Å². The minimum atomic E-state index is -0.346. The molecule has 2 aromatic carbocycles. The van der Waals surface area contributed by atoms with E-state index in [9.17, 15) is 9.18 Å². The Kier molecular flexibility index (Phi) is 7.41. The Morgan fingerprint density at radius 3 is 2.69 bits per heavy atom. The third-order valence-corrected chi connectivity index (χ3v) is 4.08. The molecule has 140 valence electrons. The molecule has 6 heteroatoms. The first-order valence-corrected chi connectivity index (χ1v) is 8.48. The van der Waals surface area contributed by atoms with Gasteiger partial charge >= 0.3 is 6.03 Å². The first-order chi connectivity index (χ1) is 12.5. The van der Waals surface area contributed by atoms with E-state index in [1.54, 1.807) is 38.2 Å². The van der Waals surface area contributed by atoms with Gasteiger partial charge in [0.25, 0.3) is 0 Å². The molecule has 0 atom stereocenters. The Morgan fingerprint density at radius 2 is 1.96 bits per heavy atom. The van der Waals surface area contributed by atoms with Crippen LogP contribution in [-0.4, -0.2) is 38.3 Å². The molecule has 2 amide bonds. The van der Waals surface area contributed by atoms with E-state index in [4.69, 9.17) is 9.47 Å². The van der Waals surface area contributed by atoms with Crippen LogP contribution in [0.15, 0.2) is 42.5 Å². The molecule has 0 heterocycles. The van der Waals surface area contributed by atoms with Crippen LogP contribution in [0.5, 0.6) is 5.75 Å². The largest absolute Gasteiger partial charge is 0.497 e. The Balaban J connectivity index is 2.14. The van der Waals surface area contributed by atoms with E-state index < -0.39 is 0 Å². The standard InChI is InChI=1S/C20H25FN2O3/c1-15-18(21)9-5-10-19(15)22-20(24)23(11-6-12-25-2)14-16-7-4-8-17(13-16)26-3/h4-5,7-10,13H,6,11-12,14H2,1-3H3,(H,22,24). The highest BCUT2D eigenvalue weighted by molar-refractivity contribution is 5.90. The molecule has 0 aliphatic rings. The summed E-state index contributed by atoms with van der Waals surface area (Å²) >= 11 is 0. The second-order valence-electron chi connectivity index (χ2n) is 5.96. The molecule has 1 N–H and O–H groups in total. The molecule has 0 radical (unpaired) electrons. The van der Waals surface area contributed by atoms with Gasteiger partial charge in [0.15, 0.2) is 0 Å². The van der Waals surface area contributed by atoms with E-state index in [0.29, 0.717) is 37.4 Å². The van der Waals surface area contributed by atoms with Crippen molar-refractivity contribution in [1.82, 2.24) is 4.90 Å². The van der Waals surface area contributed by atoms with Crippen LogP contribution in [0.25, 0.3) is 0 Å². The first kappa shape index (κ1) is 19.7. The maximum absolute atomic E-state index is 13.7. The third-order valence-electron chi connectivity index (χ3n) is 4.08.